The van der Waals surface area contributed by atoms with Crippen LogP contribution in [0.4, 0.5) is 8.78 Å². The number of rotatable bonds is 5. The van der Waals surface area contributed by atoms with Gasteiger partial charge in [-0.05, 0) is 31.5 Å². The van der Waals surface area contributed by atoms with Gasteiger partial charge in [0.1, 0.15) is 0 Å². The van der Waals surface area contributed by atoms with E-state index in [1.807, 2.05) is 0 Å². The third-order valence-electron chi connectivity index (χ3n) is 2.10. The van der Waals surface area contributed by atoms with Crippen molar-refractivity contribution in [2.45, 2.75) is 24.3 Å². The van der Waals surface area contributed by atoms with E-state index < -0.39 is 21.7 Å². The molecule has 0 spiro atoms. The molecule has 0 amide bonds. The zero-order chi connectivity index (χ0) is 13.1. The fourth-order valence-electron chi connectivity index (χ4n) is 1.20. The molecule has 1 atom stereocenters. The van der Waals surface area contributed by atoms with Gasteiger partial charge in [-0.3, -0.25) is 0 Å². The van der Waals surface area contributed by atoms with Crippen LogP contribution in [0.15, 0.2) is 23.1 Å². The van der Waals surface area contributed by atoms with E-state index >= 15 is 0 Å². The normalized spacial score (nSPS) is 13.6. The van der Waals surface area contributed by atoms with Crippen molar-refractivity contribution in [2.24, 2.45) is 0 Å². The Hall–Kier alpha value is -0.720. The van der Waals surface area contributed by atoms with E-state index in [-0.39, 0.29) is 10.9 Å². The molecule has 1 aromatic carbocycles. The molecule has 96 valence electrons. The van der Waals surface area contributed by atoms with Gasteiger partial charge in [0.25, 0.3) is 0 Å². The first-order chi connectivity index (χ1) is 7.86. The van der Waals surface area contributed by atoms with Crippen LogP contribution in [0.3, 0.4) is 0 Å². The Kier molecular flexibility index (Phi) is 4.85. The lowest BCUT2D eigenvalue weighted by molar-refractivity contribution is 0.503. The third kappa shape index (κ3) is 3.90. The SMILES string of the molecule is CC(CCCl)NS(=O)(=O)c1ccc(F)c(F)c1. The Labute approximate surface area is 104 Å². The summed E-state index contributed by atoms with van der Waals surface area (Å²) in [5.41, 5.74) is 0. The van der Waals surface area contributed by atoms with Crippen LogP contribution in [0.2, 0.25) is 0 Å². The predicted octanol–water partition coefficient (Wildman–Crippen LogP) is 2.26. The summed E-state index contributed by atoms with van der Waals surface area (Å²) in [6.45, 7) is 1.64. The van der Waals surface area contributed by atoms with Gasteiger partial charge in [0.05, 0.1) is 4.90 Å². The van der Waals surface area contributed by atoms with Crippen LogP contribution in [0, 0.1) is 11.6 Å². The second-order valence-corrected chi connectivity index (χ2v) is 5.67. The highest BCUT2D eigenvalue weighted by molar-refractivity contribution is 7.89. The zero-order valence-corrected chi connectivity index (χ0v) is 10.7. The van der Waals surface area contributed by atoms with Gasteiger partial charge < -0.3 is 0 Å². The van der Waals surface area contributed by atoms with Crippen LogP contribution in [-0.2, 0) is 10.0 Å². The number of hydrogen-bond acceptors (Lipinski definition) is 2. The first-order valence-electron chi connectivity index (χ1n) is 4.90. The lowest BCUT2D eigenvalue weighted by atomic mass is 10.3. The van der Waals surface area contributed by atoms with Crippen LogP contribution in [-0.4, -0.2) is 20.3 Å². The van der Waals surface area contributed by atoms with E-state index in [0.29, 0.717) is 18.4 Å². The van der Waals surface area contributed by atoms with E-state index in [4.69, 9.17) is 11.6 Å². The molecule has 7 heteroatoms. The van der Waals surface area contributed by atoms with E-state index in [0.717, 1.165) is 12.1 Å². The van der Waals surface area contributed by atoms with Crippen molar-refractivity contribution in [3.05, 3.63) is 29.8 Å². The molecule has 0 aliphatic heterocycles. The molecule has 0 radical (unpaired) electrons. The van der Waals surface area contributed by atoms with Gasteiger partial charge in [-0.2, -0.15) is 0 Å². The number of hydrogen-bond donors (Lipinski definition) is 1. The molecule has 0 aliphatic rings. The average molecular weight is 284 g/mol. The first-order valence-corrected chi connectivity index (χ1v) is 6.92. The van der Waals surface area contributed by atoms with Crippen LogP contribution >= 0.6 is 11.6 Å². The first kappa shape index (κ1) is 14.3. The maximum absolute atomic E-state index is 12.9. The predicted molar refractivity (Wildman–Crippen MR) is 61.5 cm³/mol. The van der Waals surface area contributed by atoms with Crippen LogP contribution in [0.25, 0.3) is 0 Å². The van der Waals surface area contributed by atoms with Gasteiger partial charge >= 0.3 is 0 Å². The fourth-order valence-corrected chi connectivity index (χ4v) is 2.82. The lowest BCUT2D eigenvalue weighted by Crippen LogP contribution is -2.32. The Bertz CT molecular complexity index is 493. The molecule has 0 saturated heterocycles. The molecule has 3 nitrogen and oxygen atoms in total. The summed E-state index contributed by atoms with van der Waals surface area (Å²) in [7, 11) is -3.84. The Morgan fingerprint density at radius 2 is 2.00 bits per heavy atom. The minimum Gasteiger partial charge on any atom is -0.208 e. The summed E-state index contributed by atoms with van der Waals surface area (Å²) < 4.78 is 51.4. The van der Waals surface area contributed by atoms with Crippen LogP contribution in [0.5, 0.6) is 0 Å². The molecule has 1 rings (SSSR count). The molecule has 1 unspecified atom stereocenters. The van der Waals surface area contributed by atoms with Crippen molar-refractivity contribution in [3.63, 3.8) is 0 Å². The monoisotopic (exact) mass is 283 g/mol. The van der Waals surface area contributed by atoms with Crippen molar-refractivity contribution in [3.8, 4) is 0 Å². The smallest absolute Gasteiger partial charge is 0.208 e. The molecule has 1 aromatic rings. The van der Waals surface area contributed by atoms with Crippen LogP contribution < -0.4 is 4.72 Å². The van der Waals surface area contributed by atoms with Gasteiger partial charge in [0.15, 0.2) is 11.6 Å². The maximum atomic E-state index is 12.9. The highest BCUT2D eigenvalue weighted by Gasteiger charge is 2.18. The summed E-state index contributed by atoms with van der Waals surface area (Å²) in [6, 6.07) is 2.06. The molecular formula is C10H12ClF2NO2S. The Morgan fingerprint density at radius 1 is 1.35 bits per heavy atom. The fraction of sp³-hybridized carbons (Fsp3) is 0.400. The van der Waals surface area contributed by atoms with Gasteiger partial charge in [0, 0.05) is 11.9 Å². The molecule has 1 N–H and O–H groups in total. The second kappa shape index (κ2) is 5.75. The Balaban J connectivity index is 2.93. The summed E-state index contributed by atoms with van der Waals surface area (Å²) in [5.74, 6) is -1.97. The zero-order valence-electron chi connectivity index (χ0n) is 9.08. The summed E-state index contributed by atoms with van der Waals surface area (Å²) in [6.07, 6.45) is 0.449. The van der Waals surface area contributed by atoms with Gasteiger partial charge in [0.2, 0.25) is 10.0 Å². The molecule has 17 heavy (non-hydrogen) atoms. The third-order valence-corrected chi connectivity index (χ3v) is 3.91. The topological polar surface area (TPSA) is 46.2 Å². The average Bonchev–Trinajstić information content (AvgIpc) is 2.21. The van der Waals surface area contributed by atoms with Crippen molar-refractivity contribution < 1.29 is 17.2 Å². The molecule has 0 saturated carbocycles. The van der Waals surface area contributed by atoms with E-state index in [1.54, 1.807) is 6.92 Å². The minimum atomic E-state index is -3.84. The molecular weight excluding hydrogens is 272 g/mol. The van der Waals surface area contributed by atoms with E-state index in [1.165, 1.54) is 0 Å². The van der Waals surface area contributed by atoms with Crippen LogP contribution in [0.1, 0.15) is 13.3 Å². The van der Waals surface area contributed by atoms with E-state index in [9.17, 15) is 17.2 Å². The van der Waals surface area contributed by atoms with Gasteiger partial charge in [-0.1, -0.05) is 0 Å². The number of benzene rings is 1. The number of alkyl halides is 1. The van der Waals surface area contributed by atoms with Crippen molar-refractivity contribution in [1.29, 1.82) is 0 Å². The van der Waals surface area contributed by atoms with E-state index in [2.05, 4.69) is 4.72 Å². The molecule has 0 heterocycles. The van der Waals surface area contributed by atoms with Crippen molar-refractivity contribution in [2.75, 3.05) is 5.88 Å². The molecule has 0 aliphatic carbocycles. The standard InChI is InChI=1S/C10H12ClF2NO2S/c1-7(4-5-11)14-17(15,16)8-2-3-9(12)10(13)6-8/h2-3,6-7,14H,4-5H2,1H3. The van der Waals surface area contributed by atoms with Gasteiger partial charge in [-0.25, -0.2) is 21.9 Å². The molecule has 0 aromatic heterocycles. The summed E-state index contributed by atoms with van der Waals surface area (Å²) in [4.78, 5) is -0.308. The van der Waals surface area contributed by atoms with Gasteiger partial charge in [-0.15, -0.1) is 11.6 Å². The number of halogens is 3. The molecule has 0 fully saturated rings. The van der Waals surface area contributed by atoms with Crippen molar-refractivity contribution >= 4 is 21.6 Å². The minimum absolute atomic E-state index is 0.307. The van der Waals surface area contributed by atoms with Crippen molar-refractivity contribution in [1.82, 2.24) is 4.72 Å². The lowest BCUT2D eigenvalue weighted by Gasteiger charge is -2.12. The Morgan fingerprint density at radius 3 is 2.53 bits per heavy atom. The second-order valence-electron chi connectivity index (χ2n) is 3.58. The quantitative estimate of drug-likeness (QED) is 0.843. The molecule has 0 bridgehead atoms. The number of sulfonamides is 1. The largest absolute Gasteiger partial charge is 0.240 e. The highest BCUT2D eigenvalue weighted by Crippen LogP contribution is 2.14. The summed E-state index contributed by atoms with van der Waals surface area (Å²) >= 11 is 5.47. The number of nitrogens with one attached hydrogen (secondary N) is 1. The maximum Gasteiger partial charge on any atom is 0.240 e. The summed E-state index contributed by atoms with van der Waals surface area (Å²) in [5, 5.41) is 0. The highest BCUT2D eigenvalue weighted by atomic mass is 35.5.